The van der Waals surface area contributed by atoms with Crippen molar-refractivity contribution in [1.82, 2.24) is 19.5 Å². The van der Waals surface area contributed by atoms with Crippen LogP contribution in [0, 0.1) is 23.2 Å². The number of primary amides is 1. The molecule has 0 saturated heterocycles. The molecule has 2 aromatic carbocycles. The van der Waals surface area contributed by atoms with E-state index in [4.69, 9.17) is 16.5 Å². The molecule has 5 N–H and O–H groups in total. The minimum atomic E-state index is -0.547. The van der Waals surface area contributed by atoms with Crippen LogP contribution >= 0.6 is 0 Å². The summed E-state index contributed by atoms with van der Waals surface area (Å²) >= 11 is 0. The van der Waals surface area contributed by atoms with Crippen LogP contribution in [-0.2, 0) is 4.79 Å². The third kappa shape index (κ3) is 4.98. The first-order valence-corrected chi connectivity index (χ1v) is 11.1. The molecule has 4 rings (SSSR count). The van der Waals surface area contributed by atoms with Crippen LogP contribution in [-0.4, -0.2) is 25.4 Å². The number of hydrogen-bond donors (Lipinski definition) is 3. The topological polar surface area (TPSA) is 166 Å². The predicted molar refractivity (Wildman–Crippen MR) is 136 cm³/mol. The van der Waals surface area contributed by atoms with Crippen molar-refractivity contribution in [2.75, 3.05) is 11.1 Å². The van der Waals surface area contributed by atoms with Gasteiger partial charge in [-0.15, -0.1) is 0 Å². The molecule has 36 heavy (non-hydrogen) atoms. The van der Waals surface area contributed by atoms with Crippen molar-refractivity contribution in [3.63, 3.8) is 0 Å². The van der Waals surface area contributed by atoms with Crippen LogP contribution in [0.25, 0.3) is 16.6 Å². The van der Waals surface area contributed by atoms with Crippen molar-refractivity contribution in [3.8, 4) is 23.6 Å². The smallest absolute Gasteiger partial charge is 0.267 e. The highest BCUT2D eigenvalue weighted by molar-refractivity contribution is 5.85. The van der Waals surface area contributed by atoms with Crippen LogP contribution in [0.2, 0.25) is 0 Å². The molecule has 0 spiro atoms. The number of nitrogens with one attached hydrogen (secondary N) is 1. The molecular weight excluding hydrogens is 456 g/mol. The zero-order valence-electron chi connectivity index (χ0n) is 19.4. The summed E-state index contributed by atoms with van der Waals surface area (Å²) in [5.74, 6) is 6.09. The van der Waals surface area contributed by atoms with Crippen molar-refractivity contribution in [1.29, 1.82) is 5.26 Å². The number of aromatic nitrogens is 4. The summed E-state index contributed by atoms with van der Waals surface area (Å²) in [7, 11) is 0. The average Bonchev–Trinajstić information content (AvgIpc) is 2.87. The molecule has 0 bridgehead atoms. The SMILES string of the molecule is CC(Nc1nc(N)ncc1C#N)c1nc2cccc(C#CCCC(N)=O)c2c(=O)n1-c1ccccc1. The summed E-state index contributed by atoms with van der Waals surface area (Å²) in [6.07, 6.45) is 1.75. The monoisotopic (exact) mass is 478 g/mol. The second kappa shape index (κ2) is 10.4. The zero-order valence-corrected chi connectivity index (χ0v) is 19.4. The quantitative estimate of drug-likeness (QED) is 0.355. The molecule has 1 atom stereocenters. The van der Waals surface area contributed by atoms with Crippen molar-refractivity contribution in [2.45, 2.75) is 25.8 Å². The minimum absolute atomic E-state index is 0.00942. The number of amides is 1. The van der Waals surface area contributed by atoms with E-state index in [0.29, 0.717) is 28.0 Å². The number of nitriles is 1. The molecule has 4 aromatic rings. The highest BCUT2D eigenvalue weighted by atomic mass is 16.1. The van der Waals surface area contributed by atoms with Crippen molar-refractivity contribution in [3.05, 3.63) is 82.0 Å². The molecule has 1 unspecified atom stereocenters. The molecule has 2 heterocycles. The van der Waals surface area contributed by atoms with E-state index in [2.05, 4.69) is 27.1 Å². The largest absolute Gasteiger partial charge is 0.370 e. The number of anilines is 2. The van der Waals surface area contributed by atoms with Gasteiger partial charge in [-0.05, 0) is 31.2 Å². The number of carbonyl (C=O) groups is 1. The number of nitrogen functional groups attached to an aromatic ring is 1. The fourth-order valence-corrected chi connectivity index (χ4v) is 3.67. The van der Waals surface area contributed by atoms with Crippen LogP contribution in [0.4, 0.5) is 11.8 Å². The number of carbonyl (C=O) groups excluding carboxylic acids is 1. The number of nitrogens with two attached hydrogens (primary N) is 2. The van der Waals surface area contributed by atoms with E-state index < -0.39 is 11.9 Å². The maximum Gasteiger partial charge on any atom is 0.267 e. The molecule has 0 radical (unpaired) electrons. The van der Waals surface area contributed by atoms with Gasteiger partial charge in [0.25, 0.3) is 5.56 Å². The zero-order chi connectivity index (χ0) is 25.7. The first-order valence-electron chi connectivity index (χ1n) is 11.1. The van der Waals surface area contributed by atoms with E-state index in [1.54, 1.807) is 37.3 Å². The standard InChI is InChI=1S/C26H22N8O2/c1-16(31-23-18(14-27)15-30-26(29)33-23)24-32-20-12-7-9-17(8-5-6-13-21(28)35)22(20)25(36)34(24)19-10-3-2-4-11-19/h2-4,7,9-12,15-16H,6,13H2,1H3,(H2,28,35)(H3,29,30,31,33). The van der Waals surface area contributed by atoms with Crippen molar-refractivity contribution in [2.24, 2.45) is 5.73 Å². The van der Waals surface area contributed by atoms with Crippen LogP contribution in [0.15, 0.2) is 59.5 Å². The van der Waals surface area contributed by atoms with Gasteiger partial charge in [0.2, 0.25) is 11.9 Å². The van der Waals surface area contributed by atoms with Crippen LogP contribution < -0.4 is 22.3 Å². The van der Waals surface area contributed by atoms with E-state index in [9.17, 15) is 14.9 Å². The van der Waals surface area contributed by atoms with Gasteiger partial charge in [-0.3, -0.25) is 14.2 Å². The Morgan fingerprint density at radius 2 is 1.92 bits per heavy atom. The summed E-state index contributed by atoms with van der Waals surface area (Å²) in [6.45, 7) is 1.81. The van der Waals surface area contributed by atoms with E-state index in [1.165, 1.54) is 10.8 Å². The molecule has 0 fully saturated rings. The Labute approximate surface area is 206 Å². The Morgan fingerprint density at radius 3 is 2.64 bits per heavy atom. The number of rotatable bonds is 6. The Bertz CT molecular complexity index is 1610. The average molecular weight is 479 g/mol. The molecule has 0 aliphatic rings. The number of para-hydroxylation sites is 1. The van der Waals surface area contributed by atoms with E-state index >= 15 is 0 Å². The first-order chi connectivity index (χ1) is 17.4. The number of benzene rings is 2. The predicted octanol–water partition coefficient (Wildman–Crippen LogP) is 2.42. The lowest BCUT2D eigenvalue weighted by Crippen LogP contribution is -2.28. The molecule has 1 amide bonds. The summed E-state index contributed by atoms with van der Waals surface area (Å²) in [5.41, 5.74) is 12.4. The van der Waals surface area contributed by atoms with Gasteiger partial charge in [0.15, 0.2) is 0 Å². The van der Waals surface area contributed by atoms with Gasteiger partial charge in [-0.25, -0.2) is 9.97 Å². The molecule has 0 aliphatic heterocycles. The molecular formula is C26H22N8O2. The number of fused-ring (bicyclic) bond motifs is 1. The summed E-state index contributed by atoms with van der Waals surface area (Å²) in [5, 5.41) is 12.9. The van der Waals surface area contributed by atoms with E-state index in [0.717, 1.165) is 0 Å². The molecule has 178 valence electrons. The van der Waals surface area contributed by atoms with Crippen molar-refractivity contribution >= 4 is 28.6 Å². The molecule has 10 nitrogen and oxygen atoms in total. The Hall–Kier alpha value is -5.22. The lowest BCUT2D eigenvalue weighted by molar-refractivity contribution is -0.117. The minimum Gasteiger partial charge on any atom is -0.370 e. The second-order valence-corrected chi connectivity index (χ2v) is 7.88. The molecule has 2 aromatic heterocycles. The summed E-state index contributed by atoms with van der Waals surface area (Å²) in [6, 6.07) is 15.8. The van der Waals surface area contributed by atoms with Gasteiger partial charge in [0.05, 0.1) is 28.8 Å². The lowest BCUT2D eigenvalue weighted by atomic mass is 10.1. The fraction of sp³-hybridized carbons (Fsp3) is 0.154. The van der Waals surface area contributed by atoms with Gasteiger partial charge in [0.1, 0.15) is 23.3 Å². The third-order valence-corrected chi connectivity index (χ3v) is 5.33. The highest BCUT2D eigenvalue weighted by Gasteiger charge is 2.21. The van der Waals surface area contributed by atoms with Crippen LogP contribution in [0.1, 0.15) is 42.8 Å². The summed E-state index contributed by atoms with van der Waals surface area (Å²) < 4.78 is 1.51. The maximum atomic E-state index is 13.9. The van der Waals surface area contributed by atoms with Crippen LogP contribution in [0.5, 0.6) is 0 Å². The Balaban J connectivity index is 1.89. The van der Waals surface area contributed by atoms with Gasteiger partial charge < -0.3 is 16.8 Å². The fourth-order valence-electron chi connectivity index (χ4n) is 3.67. The Morgan fingerprint density at radius 1 is 1.14 bits per heavy atom. The van der Waals surface area contributed by atoms with Gasteiger partial charge in [-0.1, -0.05) is 36.1 Å². The number of nitrogens with zero attached hydrogens (tertiary/aromatic N) is 5. The Kier molecular flexibility index (Phi) is 6.89. The molecule has 10 heteroatoms. The van der Waals surface area contributed by atoms with Gasteiger partial charge in [-0.2, -0.15) is 10.2 Å². The third-order valence-electron chi connectivity index (χ3n) is 5.33. The normalized spacial score (nSPS) is 11.2. The first kappa shape index (κ1) is 23.9. The molecule has 0 saturated carbocycles. The van der Waals surface area contributed by atoms with E-state index in [-0.39, 0.29) is 35.7 Å². The highest BCUT2D eigenvalue weighted by Crippen LogP contribution is 2.23. The maximum absolute atomic E-state index is 13.9. The molecule has 0 aliphatic carbocycles. The number of hydrogen-bond acceptors (Lipinski definition) is 8. The van der Waals surface area contributed by atoms with Crippen LogP contribution in [0.3, 0.4) is 0 Å². The van der Waals surface area contributed by atoms with Crippen molar-refractivity contribution < 1.29 is 4.79 Å². The van der Waals surface area contributed by atoms with Gasteiger partial charge in [0, 0.05) is 18.4 Å². The lowest BCUT2D eigenvalue weighted by Gasteiger charge is -2.20. The second-order valence-electron chi connectivity index (χ2n) is 7.88. The summed E-state index contributed by atoms with van der Waals surface area (Å²) in [4.78, 5) is 37.7. The van der Waals surface area contributed by atoms with E-state index in [1.807, 2.05) is 24.3 Å². The van der Waals surface area contributed by atoms with Gasteiger partial charge >= 0.3 is 0 Å².